The van der Waals surface area contributed by atoms with Crippen molar-refractivity contribution in [3.8, 4) is 5.75 Å². The zero-order valence-electron chi connectivity index (χ0n) is 9.94. The molecule has 104 valence electrons. The molecule has 0 atom stereocenters. The minimum atomic E-state index is -4.59. The topological polar surface area (TPSA) is 26.3 Å². The maximum atomic E-state index is 12.3. The summed E-state index contributed by atoms with van der Waals surface area (Å²) < 4.78 is 42.2. The van der Waals surface area contributed by atoms with Gasteiger partial charge in [-0.05, 0) is 52.2 Å². The molecule has 0 N–H and O–H groups in total. The van der Waals surface area contributed by atoms with Crippen LogP contribution < -0.4 is 4.74 Å². The van der Waals surface area contributed by atoms with Crippen LogP contribution in [-0.2, 0) is 4.79 Å². The van der Waals surface area contributed by atoms with E-state index in [-0.39, 0.29) is 11.3 Å². The van der Waals surface area contributed by atoms with Crippen molar-refractivity contribution >= 4 is 39.6 Å². The molecule has 0 aliphatic heterocycles. The number of carbonyl (C=O) groups is 1. The maximum Gasteiger partial charge on any atom is 0.426 e. The van der Waals surface area contributed by atoms with Gasteiger partial charge in [0.25, 0.3) is 0 Å². The third kappa shape index (κ3) is 4.54. The van der Waals surface area contributed by atoms with Crippen molar-refractivity contribution in [1.29, 1.82) is 0 Å². The highest BCUT2D eigenvalue weighted by atomic mass is 79.9. The van der Waals surface area contributed by atoms with Crippen LogP contribution in [0.3, 0.4) is 0 Å². The summed E-state index contributed by atoms with van der Waals surface area (Å²) in [5.41, 5.74) is 0.769. The highest BCUT2D eigenvalue weighted by Crippen LogP contribution is 2.34. The smallest absolute Gasteiger partial charge is 0.425 e. The van der Waals surface area contributed by atoms with Crippen molar-refractivity contribution < 1.29 is 22.7 Å². The number of ether oxygens (including phenoxy) is 1. The van der Waals surface area contributed by atoms with Gasteiger partial charge in [-0.25, -0.2) is 0 Å². The van der Waals surface area contributed by atoms with E-state index in [1.54, 1.807) is 6.92 Å². The van der Waals surface area contributed by atoms with E-state index in [0.717, 1.165) is 6.08 Å². The molecule has 0 aromatic heterocycles. The Morgan fingerprint density at radius 3 is 2.42 bits per heavy atom. The quantitative estimate of drug-likeness (QED) is 0.560. The molecule has 1 rings (SSSR count). The number of carbonyl (C=O) groups excluding carboxylic acids is 1. The van der Waals surface area contributed by atoms with Gasteiger partial charge in [-0.3, -0.25) is 4.79 Å². The Hall–Kier alpha value is -1.01. The van der Waals surface area contributed by atoms with Gasteiger partial charge >= 0.3 is 12.1 Å². The van der Waals surface area contributed by atoms with Gasteiger partial charge in [-0.15, -0.1) is 0 Å². The van der Waals surface area contributed by atoms with Crippen molar-refractivity contribution in [2.45, 2.75) is 20.0 Å². The largest absolute Gasteiger partial charge is 0.426 e. The molecular formula is C12H9BrClF3O2. The van der Waals surface area contributed by atoms with Gasteiger partial charge in [0.2, 0.25) is 0 Å². The van der Waals surface area contributed by atoms with Gasteiger partial charge in [0.15, 0.2) is 0 Å². The first kappa shape index (κ1) is 16.0. The van der Waals surface area contributed by atoms with Crippen molar-refractivity contribution in [2.24, 2.45) is 0 Å². The maximum absolute atomic E-state index is 12.3. The molecule has 7 heteroatoms. The molecule has 2 nitrogen and oxygen atoms in total. The predicted molar refractivity (Wildman–Crippen MR) is 70.1 cm³/mol. The number of rotatable bonds is 2. The first-order chi connectivity index (χ1) is 8.61. The molecule has 0 fully saturated rings. The molecule has 0 aliphatic rings. The van der Waals surface area contributed by atoms with Crippen LogP contribution in [0.4, 0.5) is 13.2 Å². The lowest BCUT2D eigenvalue weighted by Crippen LogP contribution is -2.07. The summed E-state index contributed by atoms with van der Waals surface area (Å²) in [7, 11) is 0. The van der Waals surface area contributed by atoms with E-state index in [9.17, 15) is 18.0 Å². The van der Waals surface area contributed by atoms with Gasteiger partial charge in [-0.2, -0.15) is 13.2 Å². The number of allylic oxidation sites excluding steroid dienone is 1. The third-order valence-electron chi connectivity index (χ3n) is 2.06. The molecule has 1 aromatic carbocycles. The number of aryl methyl sites for hydroxylation is 1. The van der Waals surface area contributed by atoms with E-state index in [1.165, 1.54) is 19.1 Å². The average Bonchev–Trinajstić information content (AvgIpc) is 2.21. The zero-order valence-corrected chi connectivity index (χ0v) is 12.3. The van der Waals surface area contributed by atoms with Crippen LogP contribution in [-0.4, -0.2) is 12.1 Å². The van der Waals surface area contributed by atoms with Crippen LogP contribution in [0, 0.1) is 6.92 Å². The lowest BCUT2D eigenvalue weighted by molar-refractivity contribution is -0.132. The lowest BCUT2D eigenvalue weighted by Gasteiger charge is -2.10. The standard InChI is InChI=1S/C12H9BrClF3O2/c1-6-3-8(5-10(14)12(15,16)17)4-9(13)11(6)19-7(2)18/h3-5H,1-2H3. The molecule has 0 heterocycles. The van der Waals surface area contributed by atoms with Crippen molar-refractivity contribution in [3.63, 3.8) is 0 Å². The SMILES string of the molecule is CC(=O)Oc1c(C)cc(C=C(Cl)C(F)(F)F)cc1Br. The molecule has 0 spiro atoms. The monoisotopic (exact) mass is 356 g/mol. The van der Waals surface area contributed by atoms with Crippen LogP contribution in [0.25, 0.3) is 6.08 Å². The van der Waals surface area contributed by atoms with E-state index in [2.05, 4.69) is 15.9 Å². The second-order valence-electron chi connectivity index (χ2n) is 3.73. The van der Waals surface area contributed by atoms with E-state index < -0.39 is 17.2 Å². The fourth-order valence-corrected chi connectivity index (χ4v) is 2.13. The third-order valence-corrected chi connectivity index (χ3v) is 2.97. The fraction of sp³-hybridized carbons (Fsp3) is 0.250. The summed E-state index contributed by atoms with van der Waals surface area (Å²) in [5.74, 6) is -0.242. The number of hydrogen-bond acceptors (Lipinski definition) is 2. The molecule has 0 aliphatic carbocycles. The van der Waals surface area contributed by atoms with Crippen LogP contribution in [0.1, 0.15) is 18.1 Å². The Morgan fingerprint density at radius 1 is 1.42 bits per heavy atom. The van der Waals surface area contributed by atoms with Gasteiger partial charge in [0.05, 0.1) is 4.47 Å². The molecule has 1 aromatic rings. The minimum Gasteiger partial charge on any atom is -0.425 e. The minimum absolute atomic E-state index is 0.252. The second-order valence-corrected chi connectivity index (χ2v) is 4.99. The predicted octanol–water partition coefficient (Wildman–Crippen LogP) is 4.82. The number of halogens is 5. The molecular weight excluding hydrogens is 348 g/mol. The van der Waals surface area contributed by atoms with Crippen LogP contribution >= 0.6 is 27.5 Å². The van der Waals surface area contributed by atoms with Crippen molar-refractivity contribution in [2.75, 3.05) is 0 Å². The normalized spacial score (nSPS) is 12.5. The Bertz CT molecular complexity index is 515. The summed E-state index contributed by atoms with van der Waals surface area (Å²) in [6, 6.07) is 2.83. The number of hydrogen-bond donors (Lipinski definition) is 0. The summed E-state index contributed by atoms with van der Waals surface area (Å²) in [5, 5.41) is -1.22. The molecule has 0 saturated heterocycles. The summed E-state index contributed by atoms with van der Waals surface area (Å²) in [4.78, 5) is 10.9. The average molecular weight is 358 g/mol. The summed E-state index contributed by atoms with van der Waals surface area (Å²) >= 11 is 8.29. The lowest BCUT2D eigenvalue weighted by atomic mass is 10.1. The highest BCUT2D eigenvalue weighted by Gasteiger charge is 2.32. The first-order valence-electron chi connectivity index (χ1n) is 5.04. The molecule has 19 heavy (non-hydrogen) atoms. The van der Waals surface area contributed by atoms with Crippen LogP contribution in [0.5, 0.6) is 5.75 Å². The Morgan fingerprint density at radius 2 is 2.00 bits per heavy atom. The zero-order chi connectivity index (χ0) is 14.8. The van der Waals surface area contributed by atoms with E-state index in [4.69, 9.17) is 16.3 Å². The number of esters is 1. The second kappa shape index (κ2) is 5.96. The molecule has 0 unspecified atom stereocenters. The van der Waals surface area contributed by atoms with Gasteiger partial charge < -0.3 is 4.74 Å². The van der Waals surface area contributed by atoms with Crippen molar-refractivity contribution in [1.82, 2.24) is 0 Å². The van der Waals surface area contributed by atoms with E-state index in [1.807, 2.05) is 0 Å². The summed E-state index contributed by atoms with van der Waals surface area (Å²) in [6.45, 7) is 2.85. The van der Waals surface area contributed by atoms with Gasteiger partial charge in [0.1, 0.15) is 10.8 Å². The Balaban J connectivity index is 3.18. The molecule has 0 bridgehead atoms. The summed E-state index contributed by atoms with van der Waals surface area (Å²) in [6.07, 6.45) is -3.78. The van der Waals surface area contributed by atoms with Gasteiger partial charge in [0, 0.05) is 6.92 Å². The Labute approximate surface area is 121 Å². The van der Waals surface area contributed by atoms with Crippen LogP contribution in [0.15, 0.2) is 21.6 Å². The van der Waals surface area contributed by atoms with E-state index in [0.29, 0.717) is 10.0 Å². The Kier molecular flexibility index (Phi) is 5.04. The molecule has 0 saturated carbocycles. The van der Waals surface area contributed by atoms with E-state index >= 15 is 0 Å². The van der Waals surface area contributed by atoms with Gasteiger partial charge in [-0.1, -0.05) is 11.6 Å². The number of benzene rings is 1. The highest BCUT2D eigenvalue weighted by molar-refractivity contribution is 9.10. The fourth-order valence-electron chi connectivity index (χ4n) is 1.34. The first-order valence-corrected chi connectivity index (χ1v) is 6.21. The van der Waals surface area contributed by atoms with Crippen LogP contribution in [0.2, 0.25) is 0 Å². The number of alkyl halides is 3. The molecule has 0 amide bonds. The van der Waals surface area contributed by atoms with Crippen molar-refractivity contribution in [3.05, 3.63) is 32.8 Å². The molecule has 0 radical (unpaired) electrons.